The summed E-state index contributed by atoms with van der Waals surface area (Å²) in [6.45, 7) is 4.48. The molecule has 0 saturated carbocycles. The highest BCUT2D eigenvalue weighted by Crippen LogP contribution is 2.32. The SMILES string of the molecule is Cc1cc2c(cc1C)N(C(=O)c1ccc(S(=O)(=O)N(C)CCO)cc1)CC2. The fourth-order valence-electron chi connectivity index (χ4n) is 3.24. The zero-order chi connectivity index (χ0) is 19.8. The van der Waals surface area contributed by atoms with E-state index in [9.17, 15) is 13.2 Å². The highest BCUT2D eigenvalue weighted by atomic mass is 32.2. The average Bonchev–Trinajstić information content (AvgIpc) is 3.04. The maximum atomic E-state index is 12.9. The van der Waals surface area contributed by atoms with Gasteiger partial charge < -0.3 is 10.0 Å². The number of hydrogen-bond acceptors (Lipinski definition) is 4. The Balaban J connectivity index is 1.85. The number of aliphatic hydroxyl groups excluding tert-OH is 1. The Morgan fingerprint density at radius 3 is 2.41 bits per heavy atom. The molecule has 0 spiro atoms. The van der Waals surface area contributed by atoms with Crippen molar-refractivity contribution in [1.29, 1.82) is 0 Å². The number of sulfonamides is 1. The summed E-state index contributed by atoms with van der Waals surface area (Å²) < 4.78 is 25.9. The Morgan fingerprint density at radius 2 is 1.78 bits per heavy atom. The first kappa shape index (κ1) is 19.5. The number of aliphatic hydroxyl groups is 1. The molecule has 1 N–H and O–H groups in total. The molecule has 0 aromatic heterocycles. The van der Waals surface area contributed by atoms with Crippen LogP contribution in [0, 0.1) is 13.8 Å². The summed E-state index contributed by atoms with van der Waals surface area (Å²) in [7, 11) is -2.26. The number of aryl methyl sites for hydroxylation is 2. The van der Waals surface area contributed by atoms with E-state index in [0.29, 0.717) is 12.1 Å². The highest BCUT2D eigenvalue weighted by molar-refractivity contribution is 7.89. The van der Waals surface area contributed by atoms with Crippen LogP contribution < -0.4 is 4.90 Å². The first-order chi connectivity index (χ1) is 12.8. The number of anilines is 1. The van der Waals surface area contributed by atoms with E-state index < -0.39 is 10.0 Å². The largest absolute Gasteiger partial charge is 0.395 e. The Kier molecular flexibility index (Phi) is 5.37. The monoisotopic (exact) mass is 388 g/mol. The number of carbonyl (C=O) groups excluding carboxylic acids is 1. The van der Waals surface area contributed by atoms with Gasteiger partial charge in [0.1, 0.15) is 0 Å². The third kappa shape index (κ3) is 3.63. The molecular weight excluding hydrogens is 364 g/mol. The van der Waals surface area contributed by atoms with Crippen LogP contribution >= 0.6 is 0 Å². The van der Waals surface area contributed by atoms with E-state index in [-0.39, 0.29) is 24.0 Å². The normalized spacial score (nSPS) is 13.9. The van der Waals surface area contributed by atoms with Crippen LogP contribution in [0.25, 0.3) is 0 Å². The van der Waals surface area contributed by atoms with Gasteiger partial charge in [-0.15, -0.1) is 0 Å². The highest BCUT2D eigenvalue weighted by Gasteiger charge is 2.27. The number of fused-ring (bicyclic) bond motifs is 1. The summed E-state index contributed by atoms with van der Waals surface area (Å²) in [5.41, 5.74) is 4.90. The quantitative estimate of drug-likeness (QED) is 0.851. The second kappa shape index (κ2) is 7.42. The molecule has 1 heterocycles. The number of carbonyl (C=O) groups is 1. The third-order valence-corrected chi connectivity index (χ3v) is 6.93. The van der Waals surface area contributed by atoms with Crippen LogP contribution in [0.1, 0.15) is 27.0 Å². The molecular formula is C20H24N2O4S. The lowest BCUT2D eigenvalue weighted by molar-refractivity contribution is 0.0989. The van der Waals surface area contributed by atoms with Crippen molar-refractivity contribution in [3.8, 4) is 0 Å². The van der Waals surface area contributed by atoms with Crippen molar-refractivity contribution >= 4 is 21.6 Å². The van der Waals surface area contributed by atoms with Gasteiger partial charge in [-0.3, -0.25) is 4.79 Å². The van der Waals surface area contributed by atoms with Crippen LogP contribution in [0.15, 0.2) is 41.3 Å². The minimum atomic E-state index is -3.67. The zero-order valence-corrected chi connectivity index (χ0v) is 16.6. The maximum absolute atomic E-state index is 12.9. The third-order valence-electron chi connectivity index (χ3n) is 5.06. The van der Waals surface area contributed by atoms with Gasteiger partial charge in [0, 0.05) is 31.4 Å². The molecule has 144 valence electrons. The van der Waals surface area contributed by atoms with Gasteiger partial charge in [-0.05, 0) is 67.3 Å². The molecule has 27 heavy (non-hydrogen) atoms. The van der Waals surface area contributed by atoms with Crippen molar-refractivity contribution in [2.45, 2.75) is 25.2 Å². The van der Waals surface area contributed by atoms with Crippen LogP contribution in [0.3, 0.4) is 0 Å². The van der Waals surface area contributed by atoms with Crippen LogP contribution in [-0.4, -0.2) is 50.5 Å². The second-order valence-electron chi connectivity index (χ2n) is 6.85. The van der Waals surface area contributed by atoms with Crippen molar-refractivity contribution < 1.29 is 18.3 Å². The first-order valence-electron chi connectivity index (χ1n) is 8.85. The van der Waals surface area contributed by atoms with E-state index in [1.54, 1.807) is 17.0 Å². The Labute approximate surface area is 160 Å². The van der Waals surface area contributed by atoms with E-state index >= 15 is 0 Å². The smallest absolute Gasteiger partial charge is 0.258 e. The van der Waals surface area contributed by atoms with Gasteiger partial charge in [-0.1, -0.05) is 6.07 Å². The first-order valence-corrected chi connectivity index (χ1v) is 10.3. The molecule has 1 aliphatic heterocycles. The van der Waals surface area contributed by atoms with Gasteiger partial charge in [0.05, 0.1) is 11.5 Å². The molecule has 0 saturated heterocycles. The number of benzene rings is 2. The number of hydrogen-bond donors (Lipinski definition) is 1. The van der Waals surface area contributed by atoms with Crippen LogP contribution in [-0.2, 0) is 16.4 Å². The van der Waals surface area contributed by atoms with Crippen molar-refractivity contribution in [1.82, 2.24) is 4.31 Å². The molecule has 0 bridgehead atoms. The van der Waals surface area contributed by atoms with Crippen molar-refractivity contribution in [2.24, 2.45) is 0 Å². The van der Waals surface area contributed by atoms with E-state index in [1.165, 1.54) is 24.7 Å². The Morgan fingerprint density at radius 1 is 1.15 bits per heavy atom. The van der Waals surface area contributed by atoms with Gasteiger partial charge in [-0.2, -0.15) is 4.31 Å². The minimum absolute atomic E-state index is 0.0202. The molecule has 0 fully saturated rings. The summed E-state index contributed by atoms with van der Waals surface area (Å²) in [4.78, 5) is 14.8. The number of likely N-dealkylation sites (N-methyl/N-ethyl adjacent to an activating group) is 1. The fraction of sp³-hybridized carbons (Fsp3) is 0.350. The van der Waals surface area contributed by atoms with Crippen molar-refractivity contribution in [2.75, 3.05) is 31.6 Å². The van der Waals surface area contributed by atoms with E-state index in [0.717, 1.165) is 27.5 Å². The number of nitrogens with zero attached hydrogens (tertiary/aromatic N) is 2. The van der Waals surface area contributed by atoms with E-state index in [2.05, 4.69) is 13.0 Å². The lowest BCUT2D eigenvalue weighted by Gasteiger charge is -2.19. The molecule has 1 amide bonds. The van der Waals surface area contributed by atoms with Crippen molar-refractivity contribution in [3.63, 3.8) is 0 Å². The zero-order valence-electron chi connectivity index (χ0n) is 15.8. The van der Waals surface area contributed by atoms with Crippen LogP contribution in [0.2, 0.25) is 0 Å². The second-order valence-corrected chi connectivity index (χ2v) is 8.89. The van der Waals surface area contributed by atoms with E-state index in [1.807, 2.05) is 13.0 Å². The summed E-state index contributed by atoms with van der Waals surface area (Å²) in [5, 5.41) is 8.95. The van der Waals surface area contributed by atoms with E-state index in [4.69, 9.17) is 5.11 Å². The molecule has 3 rings (SSSR count). The molecule has 7 heteroatoms. The molecule has 0 atom stereocenters. The van der Waals surface area contributed by atoms with Gasteiger partial charge >= 0.3 is 0 Å². The van der Waals surface area contributed by atoms with Crippen LogP contribution in [0.4, 0.5) is 5.69 Å². The van der Waals surface area contributed by atoms with Gasteiger partial charge in [0.25, 0.3) is 5.91 Å². The summed E-state index contributed by atoms with van der Waals surface area (Å²) in [5.74, 6) is -0.135. The van der Waals surface area contributed by atoms with Crippen molar-refractivity contribution in [3.05, 3.63) is 58.7 Å². The molecule has 0 unspecified atom stereocenters. The maximum Gasteiger partial charge on any atom is 0.258 e. The summed E-state index contributed by atoms with van der Waals surface area (Å²) >= 11 is 0. The predicted octanol–water partition coefficient (Wildman–Crippen LogP) is 2.12. The number of rotatable bonds is 5. The standard InChI is InChI=1S/C20H24N2O4S/c1-14-12-17-8-9-22(19(17)13-15(14)2)20(24)16-4-6-18(7-5-16)27(25,26)21(3)10-11-23/h4-7,12-13,23H,8-11H2,1-3H3. The van der Waals surface area contributed by atoms with Gasteiger partial charge in [0.2, 0.25) is 10.0 Å². The Bertz CT molecular complexity index is 968. The average molecular weight is 388 g/mol. The molecule has 2 aromatic rings. The molecule has 2 aromatic carbocycles. The lowest BCUT2D eigenvalue weighted by atomic mass is 10.0. The van der Waals surface area contributed by atoms with Crippen LogP contribution in [0.5, 0.6) is 0 Å². The predicted molar refractivity (Wildman–Crippen MR) is 105 cm³/mol. The fourth-order valence-corrected chi connectivity index (χ4v) is 4.40. The molecule has 0 aliphatic carbocycles. The Hall–Kier alpha value is -2.22. The van der Waals surface area contributed by atoms with Gasteiger partial charge in [0.15, 0.2) is 0 Å². The molecule has 6 nitrogen and oxygen atoms in total. The summed E-state index contributed by atoms with van der Waals surface area (Å²) in [6.07, 6.45) is 0.820. The topological polar surface area (TPSA) is 77.9 Å². The summed E-state index contributed by atoms with van der Waals surface area (Å²) in [6, 6.07) is 10.1. The van der Waals surface area contributed by atoms with Gasteiger partial charge in [-0.25, -0.2) is 8.42 Å². The lowest BCUT2D eigenvalue weighted by Crippen LogP contribution is -2.30. The number of amides is 1. The molecule has 0 radical (unpaired) electrons. The molecule has 1 aliphatic rings. The minimum Gasteiger partial charge on any atom is -0.395 e.